The molecular formula is C17H17FN2O5S. The average Bonchev–Trinajstić information content (AvgIpc) is 2.59. The number of benzene rings is 2. The molecule has 0 aromatic heterocycles. The van der Waals surface area contributed by atoms with E-state index in [1.54, 1.807) is 12.1 Å². The van der Waals surface area contributed by atoms with Crippen molar-refractivity contribution in [1.29, 1.82) is 0 Å². The number of carbonyl (C=O) groups excluding carboxylic acids is 2. The van der Waals surface area contributed by atoms with E-state index in [0.717, 1.165) is 18.2 Å². The lowest BCUT2D eigenvalue weighted by atomic mass is 10.2. The van der Waals surface area contributed by atoms with Gasteiger partial charge in [-0.2, -0.15) is 0 Å². The molecule has 26 heavy (non-hydrogen) atoms. The summed E-state index contributed by atoms with van der Waals surface area (Å²) in [5.74, 6) is -1.74. The van der Waals surface area contributed by atoms with Gasteiger partial charge in [0, 0.05) is 5.69 Å². The van der Waals surface area contributed by atoms with Gasteiger partial charge in [0.05, 0.1) is 24.1 Å². The van der Waals surface area contributed by atoms with Crippen molar-refractivity contribution in [3.63, 3.8) is 0 Å². The van der Waals surface area contributed by atoms with Crippen LogP contribution in [0.4, 0.5) is 10.1 Å². The summed E-state index contributed by atoms with van der Waals surface area (Å²) in [7, 11) is -2.74. The van der Waals surface area contributed by atoms with Crippen LogP contribution in [0.5, 0.6) is 0 Å². The molecule has 0 aliphatic heterocycles. The first kappa shape index (κ1) is 19.5. The highest BCUT2D eigenvalue weighted by Crippen LogP contribution is 2.16. The number of hydrogen-bond donors (Lipinski definition) is 2. The first-order chi connectivity index (χ1) is 12.2. The van der Waals surface area contributed by atoms with Crippen LogP contribution in [0.2, 0.25) is 0 Å². The largest absolute Gasteiger partial charge is 0.465 e. The molecule has 0 fully saturated rings. The zero-order valence-corrected chi connectivity index (χ0v) is 14.9. The average molecular weight is 380 g/mol. The van der Waals surface area contributed by atoms with Crippen LogP contribution in [0, 0.1) is 12.7 Å². The molecule has 1 amide bonds. The first-order valence-corrected chi connectivity index (χ1v) is 8.95. The van der Waals surface area contributed by atoms with Gasteiger partial charge in [-0.05, 0) is 48.9 Å². The second kappa shape index (κ2) is 8.07. The molecule has 0 aliphatic carbocycles. The van der Waals surface area contributed by atoms with Gasteiger partial charge in [-0.3, -0.25) is 4.79 Å². The predicted octanol–water partition coefficient (Wildman–Crippen LogP) is 1.84. The number of esters is 1. The molecule has 2 aromatic carbocycles. The third-order valence-corrected chi connectivity index (χ3v) is 4.98. The number of rotatable bonds is 6. The first-order valence-electron chi connectivity index (χ1n) is 7.47. The Morgan fingerprint density at radius 3 is 2.54 bits per heavy atom. The Bertz CT molecular complexity index is 944. The quantitative estimate of drug-likeness (QED) is 0.745. The number of nitrogens with one attached hydrogen (secondary N) is 2. The summed E-state index contributed by atoms with van der Waals surface area (Å²) in [5, 5.41) is 2.48. The fourth-order valence-corrected chi connectivity index (χ4v) is 3.41. The Hall–Kier alpha value is -2.78. The Morgan fingerprint density at radius 2 is 1.88 bits per heavy atom. The van der Waals surface area contributed by atoms with Crippen molar-refractivity contribution in [1.82, 2.24) is 4.72 Å². The number of aryl methyl sites for hydroxylation is 1. The van der Waals surface area contributed by atoms with E-state index >= 15 is 0 Å². The van der Waals surface area contributed by atoms with Crippen molar-refractivity contribution in [2.24, 2.45) is 0 Å². The zero-order valence-electron chi connectivity index (χ0n) is 14.1. The van der Waals surface area contributed by atoms with Crippen LogP contribution in [0.3, 0.4) is 0 Å². The van der Waals surface area contributed by atoms with E-state index in [-0.39, 0.29) is 16.0 Å². The third-order valence-electron chi connectivity index (χ3n) is 3.42. The Balaban J connectivity index is 2.03. The highest BCUT2D eigenvalue weighted by Gasteiger charge is 2.18. The Kier molecular flexibility index (Phi) is 6.06. The summed E-state index contributed by atoms with van der Waals surface area (Å²) >= 11 is 0. The number of ether oxygens (including phenoxy) is 1. The van der Waals surface area contributed by atoms with Crippen LogP contribution in [0.25, 0.3) is 0 Å². The lowest BCUT2D eigenvalue weighted by molar-refractivity contribution is -0.115. The molecule has 0 bridgehead atoms. The molecule has 9 heteroatoms. The molecule has 7 nitrogen and oxygen atoms in total. The molecule has 0 saturated carbocycles. The van der Waals surface area contributed by atoms with Crippen LogP contribution in [-0.4, -0.2) is 33.9 Å². The molecule has 0 saturated heterocycles. The lowest BCUT2D eigenvalue weighted by Crippen LogP contribution is -2.33. The monoisotopic (exact) mass is 380 g/mol. The fourth-order valence-electron chi connectivity index (χ4n) is 2.20. The highest BCUT2D eigenvalue weighted by atomic mass is 32.2. The van der Waals surface area contributed by atoms with Crippen molar-refractivity contribution in [2.45, 2.75) is 11.8 Å². The topological polar surface area (TPSA) is 102 Å². The molecular weight excluding hydrogens is 363 g/mol. The van der Waals surface area contributed by atoms with E-state index in [4.69, 9.17) is 0 Å². The van der Waals surface area contributed by atoms with E-state index in [9.17, 15) is 22.4 Å². The summed E-state index contributed by atoms with van der Waals surface area (Å²) in [4.78, 5) is 23.3. The van der Waals surface area contributed by atoms with Gasteiger partial charge in [-0.25, -0.2) is 22.3 Å². The molecule has 0 aliphatic rings. The number of sulfonamides is 1. The highest BCUT2D eigenvalue weighted by molar-refractivity contribution is 7.89. The van der Waals surface area contributed by atoms with Gasteiger partial charge in [0.25, 0.3) is 0 Å². The SMILES string of the molecule is COC(=O)c1cccc(NC(=O)CNS(=O)(=O)c2ccc(F)cc2C)c1. The molecule has 0 atom stereocenters. The second-order valence-corrected chi connectivity index (χ2v) is 7.09. The summed E-state index contributed by atoms with van der Waals surface area (Å²) in [6.45, 7) is 0.928. The summed E-state index contributed by atoms with van der Waals surface area (Å²) < 4.78 is 44.3. The van der Waals surface area contributed by atoms with Gasteiger partial charge >= 0.3 is 5.97 Å². The van der Waals surface area contributed by atoms with Crippen LogP contribution < -0.4 is 10.0 Å². The number of carbonyl (C=O) groups is 2. The maximum absolute atomic E-state index is 13.1. The molecule has 0 unspecified atom stereocenters. The van der Waals surface area contributed by atoms with Crippen molar-refractivity contribution < 1.29 is 27.1 Å². The maximum Gasteiger partial charge on any atom is 0.337 e. The van der Waals surface area contributed by atoms with Crippen LogP contribution in [0.1, 0.15) is 15.9 Å². The Labute approximate surface area is 150 Å². The Morgan fingerprint density at radius 1 is 1.15 bits per heavy atom. The van der Waals surface area contributed by atoms with Crippen molar-refractivity contribution in [3.8, 4) is 0 Å². The summed E-state index contributed by atoms with van der Waals surface area (Å²) in [6, 6.07) is 9.26. The maximum atomic E-state index is 13.1. The van der Waals surface area contributed by atoms with E-state index in [2.05, 4.69) is 14.8 Å². The van der Waals surface area contributed by atoms with Crippen molar-refractivity contribution in [2.75, 3.05) is 19.0 Å². The lowest BCUT2D eigenvalue weighted by Gasteiger charge is -2.10. The smallest absolute Gasteiger partial charge is 0.337 e. The van der Waals surface area contributed by atoms with E-state index in [1.807, 2.05) is 0 Å². The molecule has 0 radical (unpaired) electrons. The van der Waals surface area contributed by atoms with Gasteiger partial charge in [0.1, 0.15) is 5.82 Å². The number of amides is 1. The third kappa shape index (κ3) is 4.87. The van der Waals surface area contributed by atoms with E-state index in [1.165, 1.54) is 26.2 Å². The number of halogens is 1. The second-order valence-electron chi connectivity index (χ2n) is 5.35. The predicted molar refractivity (Wildman–Crippen MR) is 92.7 cm³/mol. The number of anilines is 1. The standard InChI is InChI=1S/C17H17FN2O5S/c1-11-8-13(18)6-7-15(11)26(23,24)19-10-16(21)20-14-5-3-4-12(9-14)17(22)25-2/h3-9,19H,10H2,1-2H3,(H,20,21). The van der Waals surface area contributed by atoms with Gasteiger partial charge < -0.3 is 10.1 Å². The minimum Gasteiger partial charge on any atom is -0.465 e. The van der Waals surface area contributed by atoms with Crippen LogP contribution in [-0.2, 0) is 19.6 Å². The van der Waals surface area contributed by atoms with Gasteiger partial charge in [0.15, 0.2) is 0 Å². The van der Waals surface area contributed by atoms with Crippen LogP contribution in [0.15, 0.2) is 47.4 Å². The molecule has 2 aromatic rings. The van der Waals surface area contributed by atoms with Gasteiger partial charge in [0.2, 0.25) is 15.9 Å². The van der Waals surface area contributed by atoms with Crippen molar-refractivity contribution in [3.05, 3.63) is 59.4 Å². The molecule has 2 rings (SSSR count). The summed E-state index contributed by atoms with van der Waals surface area (Å²) in [5.41, 5.74) is 0.784. The van der Waals surface area contributed by atoms with E-state index < -0.39 is 34.3 Å². The van der Waals surface area contributed by atoms with Gasteiger partial charge in [-0.1, -0.05) is 6.07 Å². The minimum absolute atomic E-state index is 0.112. The van der Waals surface area contributed by atoms with Gasteiger partial charge in [-0.15, -0.1) is 0 Å². The molecule has 138 valence electrons. The molecule has 0 heterocycles. The number of hydrogen-bond acceptors (Lipinski definition) is 5. The van der Waals surface area contributed by atoms with Crippen molar-refractivity contribution >= 4 is 27.6 Å². The molecule has 0 spiro atoms. The summed E-state index contributed by atoms with van der Waals surface area (Å²) in [6.07, 6.45) is 0. The van der Waals surface area contributed by atoms with E-state index in [0.29, 0.717) is 5.69 Å². The minimum atomic E-state index is -3.97. The number of methoxy groups -OCH3 is 1. The normalized spacial score (nSPS) is 11.0. The molecule has 2 N–H and O–H groups in total. The van der Waals surface area contributed by atoms with Crippen LogP contribution >= 0.6 is 0 Å². The fraction of sp³-hybridized carbons (Fsp3) is 0.176. The zero-order chi connectivity index (χ0) is 19.3.